The van der Waals surface area contributed by atoms with E-state index in [1.165, 1.54) is 6.08 Å². The molecule has 1 amide bonds. The van der Waals surface area contributed by atoms with Gasteiger partial charge >= 0.3 is 5.97 Å². The number of nitrogens with one attached hydrogen (secondary N) is 1. The Labute approximate surface area is 130 Å². The Morgan fingerprint density at radius 3 is 2.68 bits per heavy atom. The second-order valence-corrected chi connectivity index (χ2v) is 6.11. The molecule has 0 aromatic heterocycles. The fourth-order valence-electron chi connectivity index (χ4n) is 2.39. The number of anilines is 2. The van der Waals surface area contributed by atoms with Gasteiger partial charge in [-0.05, 0) is 39.8 Å². The first kappa shape index (κ1) is 16.1. The highest BCUT2D eigenvalue weighted by Gasteiger charge is 2.38. The zero-order chi connectivity index (χ0) is 16.3. The van der Waals surface area contributed by atoms with Crippen LogP contribution in [0.2, 0.25) is 0 Å². The van der Waals surface area contributed by atoms with Crippen molar-refractivity contribution in [3.05, 3.63) is 35.9 Å². The lowest BCUT2D eigenvalue weighted by Crippen LogP contribution is -2.54. The first-order chi connectivity index (χ1) is 10.3. The van der Waals surface area contributed by atoms with E-state index in [0.717, 1.165) is 16.9 Å². The SMILES string of the molecule is CC(C)=CC(=O)OCCN1C(=O)C(C)(C)Nc2ccccc21. The van der Waals surface area contributed by atoms with Crippen molar-refractivity contribution in [2.24, 2.45) is 0 Å². The molecule has 0 fully saturated rings. The van der Waals surface area contributed by atoms with Gasteiger partial charge in [-0.15, -0.1) is 0 Å². The van der Waals surface area contributed by atoms with Gasteiger partial charge in [-0.3, -0.25) is 4.79 Å². The van der Waals surface area contributed by atoms with Crippen molar-refractivity contribution >= 4 is 23.3 Å². The molecule has 2 rings (SSSR count). The molecule has 22 heavy (non-hydrogen) atoms. The zero-order valence-electron chi connectivity index (χ0n) is 13.5. The Morgan fingerprint density at radius 2 is 2.00 bits per heavy atom. The fourth-order valence-corrected chi connectivity index (χ4v) is 2.39. The molecule has 118 valence electrons. The van der Waals surface area contributed by atoms with E-state index < -0.39 is 5.54 Å². The third kappa shape index (κ3) is 3.47. The molecule has 0 saturated carbocycles. The summed E-state index contributed by atoms with van der Waals surface area (Å²) >= 11 is 0. The van der Waals surface area contributed by atoms with Crippen LogP contribution in [0, 0.1) is 0 Å². The molecule has 0 atom stereocenters. The Kier molecular flexibility index (Phi) is 4.54. The molecule has 0 saturated heterocycles. The number of hydrogen-bond donors (Lipinski definition) is 1. The number of fused-ring (bicyclic) bond motifs is 1. The van der Waals surface area contributed by atoms with E-state index in [-0.39, 0.29) is 18.5 Å². The molecule has 1 aromatic rings. The number of hydrogen-bond acceptors (Lipinski definition) is 4. The van der Waals surface area contributed by atoms with E-state index in [4.69, 9.17) is 4.74 Å². The average molecular weight is 302 g/mol. The van der Waals surface area contributed by atoms with Gasteiger partial charge in [0.15, 0.2) is 0 Å². The molecule has 0 spiro atoms. The van der Waals surface area contributed by atoms with Crippen molar-refractivity contribution in [3.8, 4) is 0 Å². The number of para-hydroxylation sites is 2. The van der Waals surface area contributed by atoms with Crippen LogP contribution in [0.4, 0.5) is 11.4 Å². The molecule has 1 aliphatic rings. The number of nitrogens with zero attached hydrogens (tertiary/aromatic N) is 1. The smallest absolute Gasteiger partial charge is 0.330 e. The van der Waals surface area contributed by atoms with Crippen LogP contribution in [0.3, 0.4) is 0 Å². The van der Waals surface area contributed by atoms with Gasteiger partial charge in [-0.2, -0.15) is 0 Å². The Hall–Kier alpha value is -2.30. The maximum Gasteiger partial charge on any atom is 0.330 e. The van der Waals surface area contributed by atoms with Crippen LogP contribution in [-0.2, 0) is 14.3 Å². The number of carbonyl (C=O) groups is 2. The lowest BCUT2D eigenvalue weighted by Gasteiger charge is -2.39. The number of rotatable bonds is 4. The lowest BCUT2D eigenvalue weighted by atomic mass is 9.98. The summed E-state index contributed by atoms with van der Waals surface area (Å²) in [5.41, 5.74) is 1.92. The van der Waals surface area contributed by atoms with E-state index in [1.807, 2.05) is 52.0 Å². The Balaban J connectivity index is 2.11. The van der Waals surface area contributed by atoms with E-state index in [2.05, 4.69) is 5.32 Å². The Bertz CT molecular complexity index is 616. The summed E-state index contributed by atoms with van der Waals surface area (Å²) < 4.78 is 5.16. The molecule has 0 unspecified atom stereocenters. The summed E-state index contributed by atoms with van der Waals surface area (Å²) in [5.74, 6) is -0.417. The minimum Gasteiger partial charge on any atom is -0.461 e. The summed E-state index contributed by atoms with van der Waals surface area (Å²) in [5, 5.41) is 3.23. The van der Waals surface area contributed by atoms with E-state index in [9.17, 15) is 9.59 Å². The number of carbonyl (C=O) groups excluding carboxylic acids is 2. The first-order valence-electron chi connectivity index (χ1n) is 7.32. The summed E-state index contributed by atoms with van der Waals surface area (Å²) in [6.07, 6.45) is 1.44. The van der Waals surface area contributed by atoms with Gasteiger partial charge in [0, 0.05) is 6.08 Å². The molecule has 1 aromatic carbocycles. The van der Waals surface area contributed by atoms with E-state index >= 15 is 0 Å². The molecular formula is C17H22N2O3. The first-order valence-corrected chi connectivity index (χ1v) is 7.32. The normalized spacial score (nSPS) is 15.6. The van der Waals surface area contributed by atoms with Gasteiger partial charge in [-0.1, -0.05) is 17.7 Å². The second kappa shape index (κ2) is 6.22. The van der Waals surface area contributed by atoms with E-state index in [1.54, 1.807) is 4.90 Å². The van der Waals surface area contributed by atoms with E-state index in [0.29, 0.717) is 6.54 Å². The quantitative estimate of drug-likeness (QED) is 0.686. The van der Waals surface area contributed by atoms with Crippen molar-refractivity contribution in [1.82, 2.24) is 0 Å². The van der Waals surface area contributed by atoms with Crippen molar-refractivity contribution < 1.29 is 14.3 Å². The summed E-state index contributed by atoms with van der Waals surface area (Å²) in [7, 11) is 0. The molecule has 1 aliphatic heterocycles. The van der Waals surface area contributed by atoms with Crippen LogP contribution >= 0.6 is 0 Å². The van der Waals surface area contributed by atoms with Gasteiger partial charge < -0.3 is 15.0 Å². The predicted molar refractivity (Wildman–Crippen MR) is 86.9 cm³/mol. The molecule has 1 heterocycles. The highest BCUT2D eigenvalue weighted by atomic mass is 16.5. The highest BCUT2D eigenvalue weighted by Crippen LogP contribution is 2.34. The topological polar surface area (TPSA) is 58.6 Å². The summed E-state index contributed by atoms with van der Waals surface area (Å²) in [4.78, 5) is 25.8. The second-order valence-electron chi connectivity index (χ2n) is 6.11. The van der Waals surface area contributed by atoms with Crippen LogP contribution in [0.5, 0.6) is 0 Å². The lowest BCUT2D eigenvalue weighted by molar-refractivity contribution is -0.138. The minimum atomic E-state index is -0.682. The number of allylic oxidation sites excluding steroid dienone is 1. The molecular weight excluding hydrogens is 280 g/mol. The molecule has 5 heteroatoms. The summed E-state index contributed by atoms with van der Waals surface area (Å²) in [6.45, 7) is 7.85. The van der Waals surface area contributed by atoms with Crippen LogP contribution in [0.1, 0.15) is 27.7 Å². The third-order valence-electron chi connectivity index (χ3n) is 3.39. The number of amides is 1. The zero-order valence-corrected chi connectivity index (χ0v) is 13.5. The standard InChI is InChI=1S/C17H22N2O3/c1-12(2)11-15(20)22-10-9-19-14-8-6-5-7-13(14)18-17(3,4)16(19)21/h5-8,11,18H,9-10H2,1-4H3. The van der Waals surface area contributed by atoms with Gasteiger partial charge in [-0.25, -0.2) is 4.79 Å². The Morgan fingerprint density at radius 1 is 1.32 bits per heavy atom. The number of esters is 1. The molecule has 1 N–H and O–H groups in total. The third-order valence-corrected chi connectivity index (χ3v) is 3.39. The fraction of sp³-hybridized carbons (Fsp3) is 0.412. The summed E-state index contributed by atoms with van der Waals surface area (Å²) in [6, 6.07) is 7.62. The van der Waals surface area contributed by atoms with Gasteiger partial charge in [0.2, 0.25) is 0 Å². The molecule has 0 bridgehead atoms. The molecule has 0 radical (unpaired) electrons. The largest absolute Gasteiger partial charge is 0.461 e. The van der Waals surface area contributed by atoms with Crippen molar-refractivity contribution in [2.45, 2.75) is 33.2 Å². The minimum absolute atomic E-state index is 0.0375. The predicted octanol–water partition coefficient (Wildman–Crippen LogP) is 2.73. The van der Waals surface area contributed by atoms with Crippen molar-refractivity contribution in [3.63, 3.8) is 0 Å². The average Bonchev–Trinajstić information content (AvgIpc) is 2.42. The molecule has 5 nitrogen and oxygen atoms in total. The highest BCUT2D eigenvalue weighted by molar-refractivity contribution is 6.07. The van der Waals surface area contributed by atoms with Crippen LogP contribution in [-0.4, -0.2) is 30.6 Å². The van der Waals surface area contributed by atoms with Crippen LogP contribution in [0.25, 0.3) is 0 Å². The molecule has 0 aliphatic carbocycles. The van der Waals surface area contributed by atoms with Gasteiger partial charge in [0.05, 0.1) is 17.9 Å². The number of benzene rings is 1. The van der Waals surface area contributed by atoms with Gasteiger partial charge in [0.1, 0.15) is 12.1 Å². The van der Waals surface area contributed by atoms with Crippen molar-refractivity contribution in [2.75, 3.05) is 23.4 Å². The van der Waals surface area contributed by atoms with Crippen LogP contribution < -0.4 is 10.2 Å². The van der Waals surface area contributed by atoms with Crippen LogP contribution in [0.15, 0.2) is 35.9 Å². The van der Waals surface area contributed by atoms with Crippen molar-refractivity contribution in [1.29, 1.82) is 0 Å². The maximum atomic E-state index is 12.6. The number of ether oxygens (including phenoxy) is 1. The van der Waals surface area contributed by atoms with Gasteiger partial charge in [0.25, 0.3) is 5.91 Å². The monoisotopic (exact) mass is 302 g/mol. The maximum absolute atomic E-state index is 12.6.